The molecule has 5 heteroatoms. The maximum Gasteiger partial charge on any atom is 0.256 e. The molecule has 1 saturated heterocycles. The number of fused-ring (bicyclic) bond motifs is 1. The minimum absolute atomic E-state index is 0.0699. The van der Waals surface area contributed by atoms with Crippen molar-refractivity contribution in [3.05, 3.63) is 156 Å². The summed E-state index contributed by atoms with van der Waals surface area (Å²) in [5.74, 6) is -0.346. The first kappa shape index (κ1) is 27.2. The number of benzene rings is 5. The summed E-state index contributed by atoms with van der Waals surface area (Å²) in [5, 5.41) is 5.14. The molecule has 5 aromatic rings. The third-order valence-electron chi connectivity index (χ3n) is 7.85. The molecule has 0 saturated carbocycles. The van der Waals surface area contributed by atoms with Crippen molar-refractivity contribution in [1.29, 1.82) is 0 Å². The lowest BCUT2D eigenvalue weighted by atomic mass is 9.96. The minimum Gasteiger partial charge on any atom is -0.336 e. The average Bonchev–Trinajstić information content (AvgIpc) is 3.05. The van der Waals surface area contributed by atoms with Crippen molar-refractivity contribution in [3.63, 3.8) is 0 Å². The van der Waals surface area contributed by atoms with Crippen molar-refractivity contribution in [2.45, 2.75) is 6.04 Å². The Morgan fingerprint density at radius 2 is 1.24 bits per heavy atom. The van der Waals surface area contributed by atoms with Crippen molar-refractivity contribution in [1.82, 2.24) is 9.80 Å². The van der Waals surface area contributed by atoms with Crippen LogP contribution in [0.25, 0.3) is 16.8 Å². The molecule has 6 rings (SSSR count). The lowest BCUT2D eigenvalue weighted by Gasteiger charge is -2.40. The van der Waals surface area contributed by atoms with E-state index in [-0.39, 0.29) is 17.9 Å². The molecular formula is C37H33N3O2. The summed E-state index contributed by atoms with van der Waals surface area (Å²) in [5.41, 5.74) is 4.47. The molecule has 2 amide bonds. The van der Waals surface area contributed by atoms with E-state index in [0.717, 1.165) is 29.4 Å². The van der Waals surface area contributed by atoms with Gasteiger partial charge in [0.25, 0.3) is 5.91 Å². The van der Waals surface area contributed by atoms with E-state index >= 15 is 0 Å². The van der Waals surface area contributed by atoms with Gasteiger partial charge in [-0.3, -0.25) is 14.5 Å². The fourth-order valence-corrected chi connectivity index (χ4v) is 5.75. The van der Waals surface area contributed by atoms with Gasteiger partial charge in [-0.25, -0.2) is 0 Å². The van der Waals surface area contributed by atoms with Gasteiger partial charge < -0.3 is 10.2 Å². The van der Waals surface area contributed by atoms with E-state index in [9.17, 15) is 9.59 Å². The normalized spacial score (nSPS) is 14.0. The molecule has 0 atom stereocenters. The molecule has 0 unspecified atom stereocenters. The smallest absolute Gasteiger partial charge is 0.256 e. The second-order valence-electron chi connectivity index (χ2n) is 10.5. The van der Waals surface area contributed by atoms with Crippen LogP contribution in [0, 0.1) is 0 Å². The van der Waals surface area contributed by atoms with Crippen LogP contribution in [-0.2, 0) is 4.79 Å². The van der Waals surface area contributed by atoms with Gasteiger partial charge in [-0.05, 0) is 45.7 Å². The first-order valence-corrected chi connectivity index (χ1v) is 14.4. The number of nitrogens with one attached hydrogen (secondary N) is 1. The van der Waals surface area contributed by atoms with Crippen LogP contribution in [0.4, 0.5) is 5.69 Å². The Bertz CT molecular complexity index is 1660. The van der Waals surface area contributed by atoms with E-state index in [1.165, 1.54) is 17.2 Å². The molecule has 1 heterocycles. The van der Waals surface area contributed by atoms with Crippen LogP contribution in [0.15, 0.2) is 133 Å². The predicted molar refractivity (Wildman–Crippen MR) is 170 cm³/mol. The molecule has 0 aromatic heterocycles. The van der Waals surface area contributed by atoms with E-state index in [1.54, 1.807) is 12.1 Å². The molecule has 0 spiro atoms. The third-order valence-corrected chi connectivity index (χ3v) is 7.85. The number of anilines is 1. The Morgan fingerprint density at radius 3 is 1.95 bits per heavy atom. The van der Waals surface area contributed by atoms with Gasteiger partial charge in [0.05, 0.1) is 17.3 Å². The van der Waals surface area contributed by atoms with E-state index in [2.05, 4.69) is 70.9 Å². The molecule has 0 radical (unpaired) electrons. The topological polar surface area (TPSA) is 52.7 Å². The Morgan fingerprint density at radius 1 is 0.643 bits per heavy atom. The molecule has 0 aliphatic carbocycles. The van der Waals surface area contributed by atoms with Gasteiger partial charge in [0, 0.05) is 32.3 Å². The first-order valence-electron chi connectivity index (χ1n) is 14.4. The summed E-state index contributed by atoms with van der Waals surface area (Å²) in [6, 6.07) is 42.6. The van der Waals surface area contributed by atoms with Gasteiger partial charge in [-0.1, -0.05) is 115 Å². The first-order chi connectivity index (χ1) is 20.7. The van der Waals surface area contributed by atoms with Crippen LogP contribution in [0.1, 0.15) is 33.1 Å². The number of amides is 2. The standard InChI is InChI=1S/C37H33N3O2/c41-35(23-22-29-18-11-17-28-12-7-8-19-32(28)29)38-34-21-10-9-20-33(34)37(42)40-26-24-39(25-27-40)36(30-13-3-1-4-14-30)31-15-5-2-6-16-31/h1-23,36H,24-27H2,(H,38,41). The molecule has 0 bridgehead atoms. The van der Waals surface area contributed by atoms with Crippen molar-refractivity contribution in [2.24, 2.45) is 0 Å². The monoisotopic (exact) mass is 551 g/mol. The molecule has 1 N–H and O–H groups in total. The van der Waals surface area contributed by atoms with Gasteiger partial charge in [-0.15, -0.1) is 0 Å². The van der Waals surface area contributed by atoms with Crippen LogP contribution < -0.4 is 5.32 Å². The highest BCUT2D eigenvalue weighted by Crippen LogP contribution is 2.30. The Kier molecular flexibility index (Phi) is 8.20. The van der Waals surface area contributed by atoms with Crippen molar-refractivity contribution >= 4 is 34.4 Å². The van der Waals surface area contributed by atoms with Crippen LogP contribution in [0.5, 0.6) is 0 Å². The quantitative estimate of drug-likeness (QED) is 0.221. The zero-order chi connectivity index (χ0) is 28.7. The van der Waals surface area contributed by atoms with E-state index in [4.69, 9.17) is 0 Å². The SMILES string of the molecule is O=C(C=Cc1cccc2ccccc12)Nc1ccccc1C(=O)N1CCN(C(c2ccccc2)c2ccccc2)CC1. The van der Waals surface area contributed by atoms with Crippen molar-refractivity contribution < 1.29 is 9.59 Å². The van der Waals surface area contributed by atoms with E-state index < -0.39 is 0 Å². The van der Waals surface area contributed by atoms with Crippen LogP contribution in [0.3, 0.4) is 0 Å². The summed E-state index contributed by atoms with van der Waals surface area (Å²) < 4.78 is 0. The second kappa shape index (κ2) is 12.7. The van der Waals surface area contributed by atoms with Crippen molar-refractivity contribution in [3.8, 4) is 0 Å². The number of piperazine rings is 1. The number of rotatable bonds is 7. The highest BCUT2D eigenvalue weighted by Gasteiger charge is 2.29. The number of carbonyl (C=O) groups is 2. The molecular weight excluding hydrogens is 518 g/mol. The zero-order valence-corrected chi connectivity index (χ0v) is 23.4. The summed E-state index contributed by atoms with van der Waals surface area (Å²) in [6.07, 6.45) is 3.34. The zero-order valence-electron chi connectivity index (χ0n) is 23.4. The lowest BCUT2D eigenvalue weighted by Crippen LogP contribution is -2.50. The maximum atomic E-state index is 13.7. The average molecular weight is 552 g/mol. The number of hydrogen-bond donors (Lipinski definition) is 1. The number of carbonyl (C=O) groups excluding carboxylic acids is 2. The van der Waals surface area contributed by atoms with Crippen LogP contribution >= 0.6 is 0 Å². The number of para-hydroxylation sites is 1. The maximum absolute atomic E-state index is 13.7. The van der Waals surface area contributed by atoms with Gasteiger partial charge in [0.1, 0.15) is 0 Å². The van der Waals surface area contributed by atoms with Crippen molar-refractivity contribution in [2.75, 3.05) is 31.5 Å². The summed E-state index contributed by atoms with van der Waals surface area (Å²) in [6.45, 7) is 2.72. The molecule has 208 valence electrons. The number of nitrogens with zero attached hydrogens (tertiary/aromatic N) is 2. The second-order valence-corrected chi connectivity index (χ2v) is 10.5. The molecule has 1 aliphatic rings. The van der Waals surface area contributed by atoms with E-state index in [0.29, 0.717) is 24.3 Å². The third kappa shape index (κ3) is 6.02. The van der Waals surface area contributed by atoms with Gasteiger partial charge >= 0.3 is 0 Å². The molecule has 5 nitrogen and oxygen atoms in total. The molecule has 1 fully saturated rings. The molecule has 1 aliphatic heterocycles. The van der Waals surface area contributed by atoms with E-state index in [1.807, 2.05) is 65.6 Å². The van der Waals surface area contributed by atoms with Crippen LogP contribution in [-0.4, -0.2) is 47.8 Å². The lowest BCUT2D eigenvalue weighted by molar-refractivity contribution is -0.111. The summed E-state index contributed by atoms with van der Waals surface area (Å²) in [4.78, 5) is 30.9. The summed E-state index contributed by atoms with van der Waals surface area (Å²) >= 11 is 0. The highest BCUT2D eigenvalue weighted by molar-refractivity contribution is 6.08. The van der Waals surface area contributed by atoms with Gasteiger partial charge in [0.2, 0.25) is 5.91 Å². The number of hydrogen-bond acceptors (Lipinski definition) is 3. The predicted octanol–water partition coefficient (Wildman–Crippen LogP) is 7.04. The molecule has 5 aromatic carbocycles. The van der Waals surface area contributed by atoms with Gasteiger partial charge in [0.15, 0.2) is 0 Å². The fourth-order valence-electron chi connectivity index (χ4n) is 5.75. The summed E-state index contributed by atoms with van der Waals surface area (Å²) in [7, 11) is 0. The minimum atomic E-state index is -0.276. The van der Waals surface area contributed by atoms with Crippen LogP contribution in [0.2, 0.25) is 0 Å². The highest BCUT2D eigenvalue weighted by atomic mass is 16.2. The van der Waals surface area contributed by atoms with Gasteiger partial charge in [-0.2, -0.15) is 0 Å². The fraction of sp³-hybridized carbons (Fsp3) is 0.135. The Hall–Kier alpha value is -5.00. The largest absolute Gasteiger partial charge is 0.336 e. The molecule has 42 heavy (non-hydrogen) atoms. The Labute approximate surface area is 246 Å². The Balaban J connectivity index is 1.14.